The van der Waals surface area contributed by atoms with E-state index in [9.17, 15) is 5.11 Å². The van der Waals surface area contributed by atoms with Crippen LogP contribution in [0.4, 0.5) is 0 Å². The summed E-state index contributed by atoms with van der Waals surface area (Å²) in [4.78, 5) is 4.12. The minimum atomic E-state index is -0.444. The number of halogens is 1. The van der Waals surface area contributed by atoms with Gasteiger partial charge in [-0.2, -0.15) is 0 Å². The lowest BCUT2D eigenvalue weighted by atomic mass is 9.84. The van der Waals surface area contributed by atoms with Gasteiger partial charge < -0.3 is 9.51 Å². The van der Waals surface area contributed by atoms with Crippen LogP contribution in [0, 0.1) is 5.92 Å². The highest BCUT2D eigenvalue weighted by molar-refractivity contribution is 6.31. The van der Waals surface area contributed by atoms with E-state index in [0.29, 0.717) is 10.9 Å². The largest absolute Gasteiger partial charge is 0.387 e. The van der Waals surface area contributed by atoms with Crippen LogP contribution in [0.15, 0.2) is 24.7 Å². The Kier molecular flexibility index (Phi) is 3.27. The van der Waals surface area contributed by atoms with Crippen LogP contribution in [-0.2, 0) is 0 Å². The molecule has 2 aromatic heterocycles. The highest BCUT2D eigenvalue weighted by Crippen LogP contribution is 2.35. The van der Waals surface area contributed by atoms with E-state index >= 15 is 0 Å². The van der Waals surface area contributed by atoms with Crippen molar-refractivity contribution in [3.8, 4) is 0 Å². The molecule has 1 atom stereocenters. The first-order valence-corrected chi connectivity index (χ1v) is 6.93. The Morgan fingerprint density at radius 3 is 2.83 bits per heavy atom. The molecular weight excluding hydrogens is 248 g/mol. The fourth-order valence-corrected chi connectivity index (χ4v) is 3.16. The van der Waals surface area contributed by atoms with Gasteiger partial charge in [0, 0.05) is 5.02 Å². The summed E-state index contributed by atoms with van der Waals surface area (Å²) < 4.78 is 1.94. The lowest BCUT2D eigenvalue weighted by Gasteiger charge is -2.27. The van der Waals surface area contributed by atoms with Gasteiger partial charge in [-0.3, -0.25) is 0 Å². The van der Waals surface area contributed by atoms with Crippen molar-refractivity contribution in [3.05, 3.63) is 35.4 Å². The van der Waals surface area contributed by atoms with Gasteiger partial charge in [-0.1, -0.05) is 30.9 Å². The third-order valence-electron chi connectivity index (χ3n) is 3.92. The molecule has 1 saturated carbocycles. The Labute approximate surface area is 111 Å². The molecule has 3 rings (SSSR count). The van der Waals surface area contributed by atoms with Gasteiger partial charge in [0.05, 0.1) is 29.8 Å². The Hall–Kier alpha value is -1.06. The van der Waals surface area contributed by atoms with Gasteiger partial charge in [-0.15, -0.1) is 0 Å². The van der Waals surface area contributed by atoms with Crippen molar-refractivity contribution in [2.45, 2.75) is 38.2 Å². The molecule has 0 radical (unpaired) electrons. The summed E-state index contributed by atoms with van der Waals surface area (Å²) in [6.45, 7) is 0. The highest BCUT2D eigenvalue weighted by Gasteiger charge is 2.25. The second kappa shape index (κ2) is 4.90. The number of hydrogen-bond acceptors (Lipinski definition) is 2. The number of aliphatic hydroxyl groups is 1. The molecule has 1 N–H and O–H groups in total. The zero-order chi connectivity index (χ0) is 12.5. The molecule has 2 heterocycles. The fourth-order valence-electron chi connectivity index (χ4n) is 2.94. The van der Waals surface area contributed by atoms with Gasteiger partial charge in [0.1, 0.15) is 0 Å². The number of aromatic nitrogens is 2. The van der Waals surface area contributed by atoms with Crippen LogP contribution in [0.5, 0.6) is 0 Å². The smallest absolute Gasteiger partial charge is 0.0995 e. The standard InChI is InChI=1S/C14H17ClN2O/c15-11-6-12-8-16-9-17(12)13(7-11)14(18)10-4-2-1-3-5-10/h6-10,14,18H,1-5H2/t14-/m1/s1. The third-order valence-corrected chi connectivity index (χ3v) is 4.13. The van der Waals surface area contributed by atoms with Crippen LogP contribution in [0.25, 0.3) is 5.52 Å². The van der Waals surface area contributed by atoms with E-state index in [4.69, 9.17) is 11.6 Å². The van der Waals surface area contributed by atoms with E-state index < -0.39 is 6.10 Å². The monoisotopic (exact) mass is 264 g/mol. The molecule has 0 aromatic carbocycles. The van der Waals surface area contributed by atoms with E-state index in [1.165, 1.54) is 19.3 Å². The maximum Gasteiger partial charge on any atom is 0.0995 e. The number of fused-ring (bicyclic) bond motifs is 1. The van der Waals surface area contributed by atoms with Crippen molar-refractivity contribution in [1.82, 2.24) is 9.38 Å². The molecule has 4 heteroatoms. The van der Waals surface area contributed by atoms with Crippen LogP contribution < -0.4 is 0 Å². The average Bonchev–Trinajstić information content (AvgIpc) is 2.86. The Balaban J connectivity index is 1.99. The van der Waals surface area contributed by atoms with E-state index in [2.05, 4.69) is 4.98 Å². The van der Waals surface area contributed by atoms with Gasteiger partial charge in [0.15, 0.2) is 0 Å². The summed E-state index contributed by atoms with van der Waals surface area (Å²) in [7, 11) is 0. The van der Waals surface area contributed by atoms with E-state index in [0.717, 1.165) is 24.1 Å². The Bertz CT molecular complexity index is 546. The molecule has 1 aliphatic carbocycles. The van der Waals surface area contributed by atoms with Crippen LogP contribution in [-0.4, -0.2) is 14.5 Å². The first-order chi connectivity index (χ1) is 8.75. The minimum Gasteiger partial charge on any atom is -0.387 e. The first-order valence-electron chi connectivity index (χ1n) is 6.55. The third kappa shape index (κ3) is 2.13. The average molecular weight is 265 g/mol. The molecule has 3 nitrogen and oxygen atoms in total. The van der Waals surface area contributed by atoms with Crippen molar-refractivity contribution in [3.63, 3.8) is 0 Å². The zero-order valence-corrected chi connectivity index (χ0v) is 11.0. The van der Waals surface area contributed by atoms with Crippen LogP contribution in [0.3, 0.4) is 0 Å². The second-order valence-corrected chi connectivity index (χ2v) is 5.57. The fraction of sp³-hybridized carbons (Fsp3) is 0.500. The van der Waals surface area contributed by atoms with Crippen molar-refractivity contribution in [1.29, 1.82) is 0 Å². The molecular formula is C14H17ClN2O. The topological polar surface area (TPSA) is 37.5 Å². The highest BCUT2D eigenvalue weighted by atomic mass is 35.5. The van der Waals surface area contributed by atoms with Crippen molar-refractivity contribution < 1.29 is 5.11 Å². The second-order valence-electron chi connectivity index (χ2n) is 5.13. The summed E-state index contributed by atoms with van der Waals surface area (Å²) in [5.41, 5.74) is 1.80. The van der Waals surface area contributed by atoms with Gasteiger partial charge in [-0.05, 0) is 30.9 Å². The summed E-state index contributed by atoms with van der Waals surface area (Å²) in [6, 6.07) is 3.72. The number of pyridine rings is 1. The summed E-state index contributed by atoms with van der Waals surface area (Å²) in [5, 5.41) is 11.2. The molecule has 0 saturated heterocycles. The lowest BCUT2D eigenvalue weighted by Crippen LogP contribution is -2.18. The van der Waals surface area contributed by atoms with Crippen LogP contribution in [0.2, 0.25) is 5.02 Å². The number of aliphatic hydroxyl groups excluding tert-OH is 1. The molecule has 0 spiro atoms. The number of imidazole rings is 1. The molecule has 0 aliphatic heterocycles. The van der Waals surface area contributed by atoms with Gasteiger partial charge in [0.25, 0.3) is 0 Å². The zero-order valence-electron chi connectivity index (χ0n) is 10.2. The van der Waals surface area contributed by atoms with Crippen LogP contribution >= 0.6 is 11.6 Å². The predicted octanol–water partition coefficient (Wildman–Crippen LogP) is 3.60. The Morgan fingerprint density at radius 1 is 1.28 bits per heavy atom. The maximum atomic E-state index is 10.6. The normalized spacial score (nSPS) is 19.2. The van der Waals surface area contributed by atoms with E-state index in [1.54, 1.807) is 12.5 Å². The molecule has 2 aromatic rings. The van der Waals surface area contributed by atoms with Crippen molar-refractivity contribution >= 4 is 17.1 Å². The molecule has 0 unspecified atom stereocenters. The summed E-state index contributed by atoms with van der Waals surface area (Å²) >= 11 is 6.11. The molecule has 96 valence electrons. The van der Waals surface area contributed by atoms with Gasteiger partial charge in [0.2, 0.25) is 0 Å². The molecule has 0 bridgehead atoms. The molecule has 18 heavy (non-hydrogen) atoms. The quantitative estimate of drug-likeness (QED) is 0.900. The molecule has 1 aliphatic rings. The van der Waals surface area contributed by atoms with E-state index in [-0.39, 0.29) is 0 Å². The Morgan fingerprint density at radius 2 is 2.06 bits per heavy atom. The number of rotatable bonds is 2. The molecule has 1 fully saturated rings. The molecule has 0 amide bonds. The first kappa shape index (κ1) is 12.0. The van der Waals surface area contributed by atoms with Gasteiger partial charge in [-0.25, -0.2) is 4.98 Å². The van der Waals surface area contributed by atoms with Crippen molar-refractivity contribution in [2.75, 3.05) is 0 Å². The maximum absolute atomic E-state index is 10.6. The van der Waals surface area contributed by atoms with E-state index in [1.807, 2.05) is 16.5 Å². The number of hydrogen-bond donors (Lipinski definition) is 1. The summed E-state index contributed by atoms with van der Waals surface area (Å²) in [6.07, 6.45) is 8.99. The summed E-state index contributed by atoms with van der Waals surface area (Å²) in [5.74, 6) is 0.350. The van der Waals surface area contributed by atoms with Crippen LogP contribution in [0.1, 0.15) is 43.9 Å². The minimum absolute atomic E-state index is 0.350. The SMILES string of the molecule is O[C@@H](c1cc(Cl)cc2cncn12)C1CCCCC1. The predicted molar refractivity (Wildman–Crippen MR) is 71.7 cm³/mol. The van der Waals surface area contributed by atoms with Crippen molar-refractivity contribution in [2.24, 2.45) is 5.92 Å². The number of nitrogens with zero attached hydrogens (tertiary/aromatic N) is 2. The van der Waals surface area contributed by atoms with Gasteiger partial charge >= 0.3 is 0 Å². The lowest BCUT2D eigenvalue weighted by molar-refractivity contribution is 0.0801.